The van der Waals surface area contributed by atoms with Gasteiger partial charge in [0.1, 0.15) is 11.3 Å². The lowest BCUT2D eigenvalue weighted by Crippen LogP contribution is -2.33. The number of amides is 1. The molecule has 0 spiro atoms. The van der Waals surface area contributed by atoms with Crippen LogP contribution in [0.2, 0.25) is 0 Å². The molecule has 0 N–H and O–H groups in total. The van der Waals surface area contributed by atoms with Crippen molar-refractivity contribution >= 4 is 28.2 Å². The van der Waals surface area contributed by atoms with Crippen molar-refractivity contribution < 1.29 is 13.9 Å². The maximum Gasteiger partial charge on any atom is 0.227 e. The predicted molar refractivity (Wildman–Crippen MR) is 116 cm³/mol. The van der Waals surface area contributed by atoms with Crippen molar-refractivity contribution in [1.82, 2.24) is 4.90 Å². The van der Waals surface area contributed by atoms with Crippen molar-refractivity contribution in [2.75, 3.05) is 13.7 Å². The highest BCUT2D eigenvalue weighted by Gasteiger charge is 2.18. The van der Waals surface area contributed by atoms with Gasteiger partial charge in [-0.05, 0) is 35.6 Å². The van der Waals surface area contributed by atoms with Crippen molar-refractivity contribution in [2.45, 2.75) is 19.4 Å². The van der Waals surface area contributed by atoms with Crippen LogP contribution in [0, 0.1) is 0 Å². The molecule has 4 nitrogen and oxygen atoms in total. The molecule has 29 heavy (non-hydrogen) atoms. The third-order valence-electron chi connectivity index (χ3n) is 5.00. The predicted octanol–water partition coefficient (Wildman–Crippen LogP) is 5.32. The van der Waals surface area contributed by atoms with E-state index in [1.54, 1.807) is 24.7 Å². The molecular formula is C24H23NO3S. The van der Waals surface area contributed by atoms with Gasteiger partial charge in [-0.15, -0.1) is 11.3 Å². The van der Waals surface area contributed by atoms with Gasteiger partial charge in [0.2, 0.25) is 5.91 Å². The zero-order chi connectivity index (χ0) is 20.1. The van der Waals surface area contributed by atoms with Gasteiger partial charge in [0.05, 0.1) is 26.3 Å². The first-order valence-electron chi connectivity index (χ1n) is 9.61. The summed E-state index contributed by atoms with van der Waals surface area (Å²) in [6, 6.07) is 20.1. The van der Waals surface area contributed by atoms with Gasteiger partial charge in [-0.2, -0.15) is 0 Å². The van der Waals surface area contributed by atoms with E-state index in [1.807, 2.05) is 52.7 Å². The van der Waals surface area contributed by atoms with Gasteiger partial charge >= 0.3 is 0 Å². The molecule has 0 bridgehead atoms. The summed E-state index contributed by atoms with van der Waals surface area (Å²) in [5.74, 6) is 0.847. The molecule has 4 rings (SSSR count). The molecule has 0 aliphatic heterocycles. The van der Waals surface area contributed by atoms with Crippen LogP contribution in [0.4, 0.5) is 0 Å². The standard InChI is InChI=1S/C24H23NO3S/c1-27-20-9-10-22-19(17-28-23(22)15-20)14-24(26)25(16-21-8-5-13-29-21)12-11-18-6-3-2-4-7-18/h2-10,13,15,17H,11-12,14,16H2,1H3. The minimum atomic E-state index is 0.104. The fourth-order valence-electron chi connectivity index (χ4n) is 3.39. The number of rotatable bonds is 8. The molecule has 0 fully saturated rings. The number of furan rings is 1. The SMILES string of the molecule is COc1ccc2c(CC(=O)N(CCc3ccccc3)Cc3cccs3)coc2c1. The zero-order valence-electron chi connectivity index (χ0n) is 16.3. The Morgan fingerprint density at radius 3 is 2.72 bits per heavy atom. The fraction of sp³-hybridized carbons (Fsp3) is 0.208. The van der Waals surface area contributed by atoms with Crippen molar-refractivity contribution in [3.8, 4) is 5.75 Å². The Labute approximate surface area is 174 Å². The number of carbonyl (C=O) groups is 1. The normalized spacial score (nSPS) is 10.9. The van der Waals surface area contributed by atoms with Crippen LogP contribution >= 0.6 is 11.3 Å². The van der Waals surface area contributed by atoms with Gasteiger partial charge in [-0.3, -0.25) is 4.79 Å². The Hall–Kier alpha value is -3.05. The third kappa shape index (κ3) is 4.69. The van der Waals surface area contributed by atoms with Crippen LogP contribution in [0.5, 0.6) is 5.75 Å². The molecule has 4 aromatic rings. The molecular weight excluding hydrogens is 382 g/mol. The summed E-state index contributed by atoms with van der Waals surface area (Å²) in [4.78, 5) is 16.3. The molecule has 2 heterocycles. The molecule has 5 heteroatoms. The third-order valence-corrected chi connectivity index (χ3v) is 5.86. The number of thiophene rings is 1. The molecule has 0 atom stereocenters. The highest BCUT2D eigenvalue weighted by atomic mass is 32.1. The first-order valence-corrected chi connectivity index (χ1v) is 10.5. The Balaban J connectivity index is 1.51. The van der Waals surface area contributed by atoms with Gasteiger partial charge in [-0.25, -0.2) is 0 Å². The minimum absolute atomic E-state index is 0.104. The molecule has 0 unspecified atom stereocenters. The van der Waals surface area contributed by atoms with Crippen LogP contribution in [-0.2, 0) is 24.2 Å². The quantitative estimate of drug-likeness (QED) is 0.399. The lowest BCUT2D eigenvalue weighted by molar-refractivity contribution is -0.131. The Morgan fingerprint density at radius 2 is 1.97 bits per heavy atom. The molecule has 0 aliphatic carbocycles. The number of ether oxygens (including phenoxy) is 1. The summed E-state index contributed by atoms with van der Waals surface area (Å²) >= 11 is 1.68. The van der Waals surface area contributed by atoms with E-state index in [0.717, 1.165) is 28.7 Å². The van der Waals surface area contributed by atoms with Crippen LogP contribution in [0.1, 0.15) is 16.0 Å². The number of fused-ring (bicyclic) bond motifs is 1. The molecule has 0 aliphatic rings. The molecule has 0 saturated carbocycles. The average Bonchev–Trinajstić information content (AvgIpc) is 3.41. The van der Waals surface area contributed by atoms with E-state index in [2.05, 4.69) is 18.2 Å². The van der Waals surface area contributed by atoms with E-state index in [0.29, 0.717) is 19.5 Å². The fourth-order valence-corrected chi connectivity index (χ4v) is 4.11. The second kappa shape index (κ2) is 8.97. The van der Waals surface area contributed by atoms with E-state index >= 15 is 0 Å². The van der Waals surface area contributed by atoms with Crippen LogP contribution < -0.4 is 4.74 Å². The number of methoxy groups -OCH3 is 1. The number of hydrogen-bond donors (Lipinski definition) is 0. The van der Waals surface area contributed by atoms with E-state index in [4.69, 9.17) is 9.15 Å². The van der Waals surface area contributed by atoms with Crippen LogP contribution in [0.25, 0.3) is 11.0 Å². The number of carbonyl (C=O) groups excluding carboxylic acids is 1. The minimum Gasteiger partial charge on any atom is -0.497 e. The second-order valence-electron chi connectivity index (χ2n) is 6.93. The Kier molecular flexibility index (Phi) is 5.96. The summed E-state index contributed by atoms with van der Waals surface area (Å²) in [5.41, 5.74) is 2.88. The van der Waals surface area contributed by atoms with Gasteiger partial charge in [-0.1, -0.05) is 36.4 Å². The molecule has 0 radical (unpaired) electrons. The summed E-state index contributed by atoms with van der Waals surface area (Å²) in [6.45, 7) is 1.32. The van der Waals surface area contributed by atoms with Gasteiger partial charge in [0.15, 0.2) is 0 Å². The summed E-state index contributed by atoms with van der Waals surface area (Å²) in [7, 11) is 1.63. The summed E-state index contributed by atoms with van der Waals surface area (Å²) in [5, 5.41) is 3.00. The lowest BCUT2D eigenvalue weighted by atomic mass is 10.1. The van der Waals surface area contributed by atoms with Crippen molar-refractivity contribution in [1.29, 1.82) is 0 Å². The van der Waals surface area contributed by atoms with Gasteiger partial charge < -0.3 is 14.1 Å². The Bertz CT molecular complexity index is 1070. The van der Waals surface area contributed by atoms with E-state index in [-0.39, 0.29) is 5.91 Å². The van der Waals surface area contributed by atoms with Crippen molar-refractivity contribution in [3.05, 3.63) is 88.3 Å². The number of hydrogen-bond acceptors (Lipinski definition) is 4. The first-order chi connectivity index (χ1) is 14.2. The highest BCUT2D eigenvalue weighted by Crippen LogP contribution is 2.26. The maximum absolute atomic E-state index is 13.2. The smallest absolute Gasteiger partial charge is 0.227 e. The average molecular weight is 406 g/mol. The molecule has 1 amide bonds. The molecule has 0 saturated heterocycles. The van der Waals surface area contributed by atoms with Crippen molar-refractivity contribution in [2.24, 2.45) is 0 Å². The maximum atomic E-state index is 13.2. The molecule has 148 valence electrons. The Morgan fingerprint density at radius 1 is 1.10 bits per heavy atom. The van der Waals surface area contributed by atoms with Crippen molar-refractivity contribution in [3.63, 3.8) is 0 Å². The van der Waals surface area contributed by atoms with Crippen LogP contribution in [0.3, 0.4) is 0 Å². The van der Waals surface area contributed by atoms with E-state index < -0.39 is 0 Å². The summed E-state index contributed by atoms with van der Waals surface area (Å²) in [6.07, 6.45) is 2.84. The summed E-state index contributed by atoms with van der Waals surface area (Å²) < 4.78 is 10.9. The molecule has 2 aromatic heterocycles. The second-order valence-corrected chi connectivity index (χ2v) is 7.96. The topological polar surface area (TPSA) is 42.7 Å². The van der Waals surface area contributed by atoms with Gasteiger partial charge in [0, 0.05) is 28.4 Å². The van der Waals surface area contributed by atoms with Gasteiger partial charge in [0.25, 0.3) is 0 Å². The molecule has 2 aromatic carbocycles. The number of nitrogens with zero attached hydrogens (tertiary/aromatic N) is 1. The first kappa shape index (κ1) is 19.3. The monoisotopic (exact) mass is 405 g/mol. The largest absolute Gasteiger partial charge is 0.497 e. The lowest BCUT2D eigenvalue weighted by Gasteiger charge is -2.22. The van der Waals surface area contributed by atoms with Crippen LogP contribution in [0.15, 0.2) is 76.7 Å². The number of benzene rings is 2. The van der Waals surface area contributed by atoms with Crippen LogP contribution in [-0.4, -0.2) is 24.5 Å². The highest BCUT2D eigenvalue weighted by molar-refractivity contribution is 7.09. The van der Waals surface area contributed by atoms with E-state index in [9.17, 15) is 4.79 Å². The zero-order valence-corrected chi connectivity index (χ0v) is 17.2. The van der Waals surface area contributed by atoms with E-state index in [1.165, 1.54) is 10.4 Å².